The lowest BCUT2D eigenvalue weighted by atomic mass is 10.3. The highest BCUT2D eigenvalue weighted by Crippen LogP contribution is 2.38. The maximum Gasteiger partial charge on any atom is 0.242 e. The lowest BCUT2D eigenvalue weighted by Crippen LogP contribution is -1.95. The standard InChI is InChI=1S/C12H10Br2N2O2/c1-17-10-5-8(14)11(6-7(10)13)18-12-9(15)3-2-4-16-12/h2-6H,15H2,1H3. The quantitative estimate of drug-likeness (QED) is 0.883. The third-order valence-electron chi connectivity index (χ3n) is 2.21. The summed E-state index contributed by atoms with van der Waals surface area (Å²) < 4.78 is 12.4. The smallest absolute Gasteiger partial charge is 0.242 e. The van der Waals surface area contributed by atoms with Crippen LogP contribution in [0.5, 0.6) is 17.4 Å². The SMILES string of the molecule is COc1cc(Br)c(Oc2ncccc2N)cc1Br. The number of anilines is 1. The van der Waals surface area contributed by atoms with E-state index in [-0.39, 0.29) is 0 Å². The summed E-state index contributed by atoms with van der Waals surface area (Å²) in [6.45, 7) is 0. The number of methoxy groups -OCH3 is 1. The minimum absolute atomic E-state index is 0.371. The molecule has 18 heavy (non-hydrogen) atoms. The Labute approximate surface area is 121 Å². The molecule has 0 saturated heterocycles. The molecule has 0 unspecified atom stereocenters. The second-order valence-electron chi connectivity index (χ2n) is 3.42. The Balaban J connectivity index is 2.35. The van der Waals surface area contributed by atoms with Crippen LogP contribution in [0, 0.1) is 0 Å². The summed E-state index contributed by atoms with van der Waals surface area (Å²) in [5.74, 6) is 1.69. The van der Waals surface area contributed by atoms with Gasteiger partial charge in [0.25, 0.3) is 0 Å². The Hall–Kier alpha value is -1.27. The molecule has 4 nitrogen and oxygen atoms in total. The largest absolute Gasteiger partial charge is 0.496 e. The summed E-state index contributed by atoms with van der Waals surface area (Å²) in [4.78, 5) is 4.07. The summed E-state index contributed by atoms with van der Waals surface area (Å²) >= 11 is 6.81. The summed E-state index contributed by atoms with van der Waals surface area (Å²) in [5.41, 5.74) is 6.26. The zero-order valence-electron chi connectivity index (χ0n) is 9.48. The van der Waals surface area contributed by atoms with E-state index in [1.807, 2.05) is 0 Å². The van der Waals surface area contributed by atoms with Gasteiger partial charge in [0, 0.05) is 6.20 Å². The van der Waals surface area contributed by atoms with Crippen molar-refractivity contribution >= 4 is 37.5 Å². The molecule has 2 rings (SSSR count). The molecular formula is C12H10Br2N2O2. The van der Waals surface area contributed by atoms with Crippen LogP contribution in [-0.2, 0) is 0 Å². The van der Waals surface area contributed by atoms with E-state index in [1.165, 1.54) is 0 Å². The minimum atomic E-state index is 0.371. The number of hydrogen-bond donors (Lipinski definition) is 1. The fraction of sp³-hybridized carbons (Fsp3) is 0.0833. The lowest BCUT2D eigenvalue weighted by Gasteiger charge is -2.11. The molecule has 94 valence electrons. The lowest BCUT2D eigenvalue weighted by molar-refractivity contribution is 0.408. The molecule has 1 heterocycles. The molecule has 2 N–H and O–H groups in total. The van der Waals surface area contributed by atoms with Crippen LogP contribution in [0.3, 0.4) is 0 Å². The summed E-state index contributed by atoms with van der Waals surface area (Å²) in [6, 6.07) is 7.07. The van der Waals surface area contributed by atoms with E-state index in [2.05, 4.69) is 36.8 Å². The average molecular weight is 374 g/mol. The van der Waals surface area contributed by atoms with Crippen molar-refractivity contribution in [3.63, 3.8) is 0 Å². The first-order chi connectivity index (χ1) is 8.61. The van der Waals surface area contributed by atoms with Crippen molar-refractivity contribution in [1.29, 1.82) is 0 Å². The number of halogens is 2. The number of aromatic nitrogens is 1. The number of benzene rings is 1. The fourth-order valence-electron chi connectivity index (χ4n) is 1.34. The number of nitrogens with two attached hydrogens (primary N) is 1. The molecule has 1 aromatic carbocycles. The van der Waals surface area contributed by atoms with Crippen molar-refractivity contribution in [1.82, 2.24) is 4.98 Å². The van der Waals surface area contributed by atoms with Crippen LogP contribution in [0.15, 0.2) is 39.4 Å². The Morgan fingerprint density at radius 1 is 1.17 bits per heavy atom. The zero-order valence-corrected chi connectivity index (χ0v) is 12.7. The third-order valence-corrected chi connectivity index (χ3v) is 3.45. The molecule has 1 aromatic heterocycles. The second kappa shape index (κ2) is 5.58. The molecule has 6 heteroatoms. The molecule has 0 amide bonds. The van der Waals surface area contributed by atoms with Crippen molar-refractivity contribution in [2.24, 2.45) is 0 Å². The molecule has 0 saturated carbocycles. The first-order valence-electron chi connectivity index (χ1n) is 5.03. The maximum atomic E-state index is 5.77. The Morgan fingerprint density at radius 2 is 1.83 bits per heavy atom. The van der Waals surface area contributed by atoms with Gasteiger partial charge in [-0.15, -0.1) is 0 Å². The van der Waals surface area contributed by atoms with E-state index in [1.54, 1.807) is 37.6 Å². The van der Waals surface area contributed by atoms with Crippen molar-refractivity contribution in [3.8, 4) is 17.4 Å². The minimum Gasteiger partial charge on any atom is -0.496 e. The maximum absolute atomic E-state index is 5.77. The van der Waals surface area contributed by atoms with Crippen molar-refractivity contribution in [3.05, 3.63) is 39.4 Å². The van der Waals surface area contributed by atoms with Gasteiger partial charge in [-0.2, -0.15) is 0 Å². The second-order valence-corrected chi connectivity index (χ2v) is 5.13. The summed E-state index contributed by atoms with van der Waals surface area (Å²) in [6.07, 6.45) is 1.62. The summed E-state index contributed by atoms with van der Waals surface area (Å²) in [7, 11) is 1.60. The van der Waals surface area contributed by atoms with E-state index in [0.29, 0.717) is 23.1 Å². The van der Waals surface area contributed by atoms with Gasteiger partial charge in [-0.25, -0.2) is 4.98 Å². The van der Waals surface area contributed by atoms with E-state index >= 15 is 0 Å². The monoisotopic (exact) mass is 372 g/mol. The van der Waals surface area contributed by atoms with Crippen molar-refractivity contribution in [2.45, 2.75) is 0 Å². The van der Waals surface area contributed by atoms with Gasteiger partial charge in [-0.1, -0.05) is 0 Å². The van der Waals surface area contributed by atoms with E-state index in [4.69, 9.17) is 15.2 Å². The van der Waals surface area contributed by atoms with Gasteiger partial charge in [0.2, 0.25) is 5.88 Å². The molecule has 0 aliphatic carbocycles. The van der Waals surface area contributed by atoms with Gasteiger partial charge in [0.1, 0.15) is 11.5 Å². The third kappa shape index (κ3) is 2.76. The number of pyridine rings is 1. The van der Waals surface area contributed by atoms with Crippen LogP contribution in [0.25, 0.3) is 0 Å². The Bertz CT molecular complexity index is 576. The molecule has 0 radical (unpaired) electrons. The van der Waals surface area contributed by atoms with Gasteiger partial charge in [-0.05, 0) is 56.1 Å². The van der Waals surface area contributed by atoms with Crippen LogP contribution in [0.4, 0.5) is 5.69 Å². The molecule has 2 aromatic rings. The fourth-order valence-corrected chi connectivity index (χ4v) is 2.23. The van der Waals surface area contributed by atoms with Gasteiger partial charge in [0.05, 0.1) is 21.7 Å². The predicted octanol–water partition coefficient (Wildman–Crippen LogP) is 3.99. The molecular weight excluding hydrogens is 364 g/mol. The number of hydrogen-bond acceptors (Lipinski definition) is 4. The molecule has 0 fully saturated rings. The van der Waals surface area contributed by atoms with E-state index in [0.717, 1.165) is 8.95 Å². The Morgan fingerprint density at radius 3 is 2.50 bits per heavy atom. The van der Waals surface area contributed by atoms with Crippen LogP contribution in [0.2, 0.25) is 0 Å². The van der Waals surface area contributed by atoms with Crippen LogP contribution in [-0.4, -0.2) is 12.1 Å². The molecule has 0 aliphatic rings. The normalized spacial score (nSPS) is 10.2. The predicted molar refractivity (Wildman–Crippen MR) is 77.1 cm³/mol. The topological polar surface area (TPSA) is 57.4 Å². The van der Waals surface area contributed by atoms with Crippen molar-refractivity contribution in [2.75, 3.05) is 12.8 Å². The summed E-state index contributed by atoms with van der Waals surface area (Å²) in [5, 5.41) is 0. The van der Waals surface area contributed by atoms with Gasteiger partial charge >= 0.3 is 0 Å². The molecule has 0 bridgehead atoms. The highest BCUT2D eigenvalue weighted by atomic mass is 79.9. The van der Waals surface area contributed by atoms with Gasteiger partial charge < -0.3 is 15.2 Å². The van der Waals surface area contributed by atoms with Crippen molar-refractivity contribution < 1.29 is 9.47 Å². The number of nitrogen functional groups attached to an aromatic ring is 1. The first kappa shape index (κ1) is 13.2. The molecule has 0 aliphatic heterocycles. The highest BCUT2D eigenvalue weighted by molar-refractivity contribution is 9.11. The molecule has 0 spiro atoms. The zero-order chi connectivity index (χ0) is 13.1. The Kier molecular flexibility index (Phi) is 4.08. The van der Waals surface area contributed by atoms with Gasteiger partial charge in [-0.3, -0.25) is 0 Å². The number of nitrogens with zero attached hydrogens (tertiary/aromatic N) is 1. The van der Waals surface area contributed by atoms with Crippen LogP contribution in [0.1, 0.15) is 0 Å². The van der Waals surface area contributed by atoms with Crippen LogP contribution < -0.4 is 15.2 Å². The van der Waals surface area contributed by atoms with Crippen LogP contribution >= 0.6 is 31.9 Å². The molecule has 0 atom stereocenters. The average Bonchev–Trinajstić information content (AvgIpc) is 2.36. The first-order valence-corrected chi connectivity index (χ1v) is 6.62. The van der Waals surface area contributed by atoms with Gasteiger partial charge in [0.15, 0.2) is 0 Å². The number of rotatable bonds is 3. The number of ether oxygens (including phenoxy) is 2. The van der Waals surface area contributed by atoms with E-state index in [9.17, 15) is 0 Å². The van der Waals surface area contributed by atoms with E-state index < -0.39 is 0 Å². The highest BCUT2D eigenvalue weighted by Gasteiger charge is 2.11.